The van der Waals surface area contributed by atoms with Crippen LogP contribution < -0.4 is 0 Å². The van der Waals surface area contributed by atoms with Crippen molar-refractivity contribution in [2.24, 2.45) is 0 Å². The number of nitrogens with zero attached hydrogens (tertiary/aromatic N) is 2. The molecule has 1 amide bonds. The van der Waals surface area contributed by atoms with Crippen LogP contribution in [0.2, 0.25) is 0 Å². The van der Waals surface area contributed by atoms with Crippen LogP contribution in [0.25, 0.3) is 0 Å². The molecule has 0 atom stereocenters. The van der Waals surface area contributed by atoms with Crippen LogP contribution in [0.5, 0.6) is 0 Å². The van der Waals surface area contributed by atoms with Crippen molar-refractivity contribution in [1.29, 1.82) is 0 Å². The molecular weight excluding hydrogens is 335 g/mol. The summed E-state index contributed by atoms with van der Waals surface area (Å²) in [7, 11) is 0. The van der Waals surface area contributed by atoms with E-state index in [0.717, 1.165) is 26.1 Å². The van der Waals surface area contributed by atoms with E-state index >= 15 is 0 Å². The van der Waals surface area contributed by atoms with Crippen molar-refractivity contribution in [3.05, 3.63) is 34.1 Å². The van der Waals surface area contributed by atoms with E-state index in [1.54, 1.807) is 17.0 Å². The molecule has 0 aliphatic carbocycles. The molecule has 0 N–H and O–H groups in total. The molecule has 0 unspecified atom stereocenters. The van der Waals surface area contributed by atoms with Crippen molar-refractivity contribution >= 4 is 21.8 Å². The molecule has 0 aliphatic heterocycles. The van der Waals surface area contributed by atoms with E-state index < -0.39 is 5.82 Å². The molecule has 0 heterocycles. The molecule has 0 radical (unpaired) electrons. The second kappa shape index (κ2) is 9.15. The van der Waals surface area contributed by atoms with Gasteiger partial charge in [-0.05, 0) is 61.0 Å². The number of hydrogen-bond donors (Lipinski definition) is 0. The lowest BCUT2D eigenvalue weighted by Crippen LogP contribution is -2.35. The Labute approximate surface area is 135 Å². The fourth-order valence-electron chi connectivity index (χ4n) is 2.29. The number of carbonyl (C=O) groups is 1. The molecule has 0 aromatic heterocycles. The molecule has 0 saturated heterocycles. The highest BCUT2D eigenvalue weighted by atomic mass is 79.9. The quantitative estimate of drug-likeness (QED) is 0.705. The summed E-state index contributed by atoms with van der Waals surface area (Å²) < 4.78 is 14.4. The van der Waals surface area contributed by atoms with E-state index in [1.807, 2.05) is 6.92 Å². The molecule has 0 spiro atoms. The summed E-state index contributed by atoms with van der Waals surface area (Å²) in [6.45, 7) is 10.4. The molecule has 0 fully saturated rings. The predicted molar refractivity (Wildman–Crippen MR) is 88.1 cm³/mol. The molecule has 0 saturated carbocycles. The topological polar surface area (TPSA) is 23.6 Å². The zero-order chi connectivity index (χ0) is 15.8. The van der Waals surface area contributed by atoms with Crippen LogP contribution in [0.15, 0.2) is 22.7 Å². The first-order valence-electron chi connectivity index (χ1n) is 7.50. The van der Waals surface area contributed by atoms with E-state index in [1.165, 1.54) is 6.07 Å². The smallest absolute Gasteiger partial charge is 0.257 e. The number of halogens is 2. The van der Waals surface area contributed by atoms with Gasteiger partial charge in [0.25, 0.3) is 5.91 Å². The van der Waals surface area contributed by atoms with Crippen molar-refractivity contribution in [2.75, 3.05) is 32.7 Å². The zero-order valence-corrected chi connectivity index (χ0v) is 14.6. The van der Waals surface area contributed by atoms with Gasteiger partial charge in [0.15, 0.2) is 0 Å². The summed E-state index contributed by atoms with van der Waals surface area (Å²) in [5, 5.41) is 0. The van der Waals surface area contributed by atoms with E-state index in [-0.39, 0.29) is 11.5 Å². The average Bonchev–Trinajstić information content (AvgIpc) is 2.47. The van der Waals surface area contributed by atoms with Gasteiger partial charge in [-0.25, -0.2) is 4.39 Å². The Balaban J connectivity index is 2.69. The molecular formula is C16H24BrFN2O. The van der Waals surface area contributed by atoms with Gasteiger partial charge in [-0.3, -0.25) is 4.79 Å². The number of hydrogen-bond acceptors (Lipinski definition) is 2. The summed E-state index contributed by atoms with van der Waals surface area (Å²) in [5.74, 6) is -0.724. The van der Waals surface area contributed by atoms with Gasteiger partial charge < -0.3 is 9.80 Å². The summed E-state index contributed by atoms with van der Waals surface area (Å²) in [6, 6.07) is 4.61. The van der Waals surface area contributed by atoms with E-state index in [2.05, 4.69) is 34.7 Å². The first-order chi connectivity index (χ1) is 10.0. The largest absolute Gasteiger partial charge is 0.339 e. The molecule has 5 heteroatoms. The van der Waals surface area contributed by atoms with Gasteiger partial charge in [0.05, 0.1) is 5.56 Å². The van der Waals surface area contributed by atoms with Crippen LogP contribution in [0.3, 0.4) is 0 Å². The molecule has 1 aromatic rings. The van der Waals surface area contributed by atoms with Gasteiger partial charge in [0.1, 0.15) is 5.82 Å². The van der Waals surface area contributed by atoms with E-state index in [9.17, 15) is 9.18 Å². The third kappa shape index (κ3) is 5.08. The first-order valence-corrected chi connectivity index (χ1v) is 8.30. The third-order valence-electron chi connectivity index (χ3n) is 3.64. The van der Waals surface area contributed by atoms with Crippen LogP contribution in [-0.4, -0.2) is 48.4 Å². The minimum absolute atomic E-state index is 0.127. The Kier molecular flexibility index (Phi) is 7.89. The predicted octanol–water partition coefficient (Wildman–Crippen LogP) is 3.78. The molecule has 21 heavy (non-hydrogen) atoms. The fraction of sp³-hybridized carbons (Fsp3) is 0.562. The number of carbonyl (C=O) groups excluding carboxylic acids is 1. The van der Waals surface area contributed by atoms with Gasteiger partial charge in [-0.2, -0.15) is 0 Å². The minimum atomic E-state index is -0.475. The zero-order valence-electron chi connectivity index (χ0n) is 13.0. The normalized spacial score (nSPS) is 11.0. The van der Waals surface area contributed by atoms with Crippen molar-refractivity contribution in [2.45, 2.75) is 27.2 Å². The van der Waals surface area contributed by atoms with Gasteiger partial charge >= 0.3 is 0 Å². The van der Waals surface area contributed by atoms with Crippen LogP contribution >= 0.6 is 15.9 Å². The molecule has 1 rings (SSSR count). The van der Waals surface area contributed by atoms with Gasteiger partial charge in [0.2, 0.25) is 0 Å². The average molecular weight is 359 g/mol. The van der Waals surface area contributed by atoms with Crippen LogP contribution in [0.4, 0.5) is 4.39 Å². The van der Waals surface area contributed by atoms with E-state index in [0.29, 0.717) is 17.6 Å². The monoisotopic (exact) mass is 358 g/mol. The number of rotatable bonds is 8. The van der Waals surface area contributed by atoms with Crippen LogP contribution in [0.1, 0.15) is 37.6 Å². The van der Waals surface area contributed by atoms with Gasteiger partial charge in [0, 0.05) is 17.6 Å². The standard InChI is InChI=1S/C16H24BrFN2O/c1-4-19(5-2)11-8-12-20(6-3)16(21)15-13(17)9-7-10-14(15)18/h7,9-10H,4-6,8,11-12H2,1-3H3. The second-order valence-corrected chi connectivity index (χ2v) is 5.72. The molecule has 1 aromatic carbocycles. The molecule has 3 nitrogen and oxygen atoms in total. The van der Waals surface area contributed by atoms with Crippen molar-refractivity contribution in [3.8, 4) is 0 Å². The molecule has 118 valence electrons. The Hall–Kier alpha value is -0.940. The summed E-state index contributed by atoms with van der Waals surface area (Å²) in [5.41, 5.74) is 0.127. The molecule has 0 bridgehead atoms. The van der Waals surface area contributed by atoms with Gasteiger partial charge in [-0.1, -0.05) is 19.9 Å². The lowest BCUT2D eigenvalue weighted by atomic mass is 10.1. The van der Waals surface area contributed by atoms with Crippen molar-refractivity contribution in [1.82, 2.24) is 9.80 Å². The summed E-state index contributed by atoms with van der Waals surface area (Å²) in [4.78, 5) is 16.5. The fourth-order valence-corrected chi connectivity index (χ4v) is 2.80. The van der Waals surface area contributed by atoms with Crippen molar-refractivity contribution < 1.29 is 9.18 Å². The van der Waals surface area contributed by atoms with Crippen LogP contribution in [0, 0.1) is 5.82 Å². The van der Waals surface area contributed by atoms with Crippen LogP contribution in [-0.2, 0) is 0 Å². The maximum Gasteiger partial charge on any atom is 0.257 e. The summed E-state index contributed by atoms with van der Waals surface area (Å²) in [6.07, 6.45) is 0.896. The highest BCUT2D eigenvalue weighted by molar-refractivity contribution is 9.10. The number of benzene rings is 1. The summed E-state index contributed by atoms with van der Waals surface area (Å²) >= 11 is 3.26. The highest BCUT2D eigenvalue weighted by Crippen LogP contribution is 2.21. The Morgan fingerprint density at radius 2 is 1.81 bits per heavy atom. The minimum Gasteiger partial charge on any atom is -0.339 e. The van der Waals surface area contributed by atoms with Crippen molar-refractivity contribution in [3.63, 3.8) is 0 Å². The third-order valence-corrected chi connectivity index (χ3v) is 4.30. The lowest BCUT2D eigenvalue weighted by Gasteiger charge is -2.24. The number of amides is 1. The SMILES string of the molecule is CCN(CC)CCCN(CC)C(=O)c1c(F)cccc1Br. The van der Waals surface area contributed by atoms with Gasteiger partial charge in [-0.15, -0.1) is 0 Å². The Bertz CT molecular complexity index is 443. The Morgan fingerprint density at radius 1 is 1.14 bits per heavy atom. The molecule has 0 aliphatic rings. The lowest BCUT2D eigenvalue weighted by molar-refractivity contribution is 0.0752. The Morgan fingerprint density at radius 3 is 2.33 bits per heavy atom. The maximum atomic E-state index is 13.9. The second-order valence-electron chi connectivity index (χ2n) is 4.86. The highest BCUT2D eigenvalue weighted by Gasteiger charge is 2.20. The first kappa shape index (κ1) is 18.1. The van der Waals surface area contributed by atoms with E-state index in [4.69, 9.17) is 0 Å². The maximum absolute atomic E-state index is 13.9.